The third-order valence-electron chi connectivity index (χ3n) is 9.98. The molecule has 0 atom stereocenters. The molecule has 66 heavy (non-hydrogen) atoms. The molecule has 0 spiro atoms. The number of hydrogen-bond donors (Lipinski definition) is 0. The van der Waals surface area contributed by atoms with E-state index in [0.717, 1.165) is 27.1 Å². The molecule has 0 bridgehead atoms. The van der Waals surface area contributed by atoms with Crippen molar-refractivity contribution in [1.29, 1.82) is 0 Å². The maximum Gasteiger partial charge on any atom is 2.00 e. The first-order valence-corrected chi connectivity index (χ1v) is 21.1. The van der Waals surface area contributed by atoms with Crippen LogP contribution >= 0.6 is 22.6 Å². The number of rotatable bonds is 6. The molecule has 5 aromatic rings. The van der Waals surface area contributed by atoms with Crippen LogP contribution in [0.3, 0.4) is 0 Å². The van der Waals surface area contributed by atoms with Crippen molar-refractivity contribution >= 4 is 41.5 Å². The number of pyridine rings is 2. The summed E-state index contributed by atoms with van der Waals surface area (Å²) in [6.07, 6.45) is 4.82. The van der Waals surface area contributed by atoms with Gasteiger partial charge in [0.05, 0.1) is 28.2 Å². The molecular formula is C49H80BIN8O4W3. The molecule has 12 nitrogen and oxygen atoms in total. The summed E-state index contributed by atoms with van der Waals surface area (Å²) in [4.78, 5) is 24.8. The van der Waals surface area contributed by atoms with E-state index >= 15 is 0 Å². The van der Waals surface area contributed by atoms with E-state index in [4.69, 9.17) is 20.3 Å². The van der Waals surface area contributed by atoms with Crippen LogP contribution in [0.15, 0.2) is 48.8 Å². The van der Waals surface area contributed by atoms with Crippen LogP contribution in [-0.2, 0) is 88.5 Å². The molecule has 1 fully saturated rings. The maximum atomic E-state index is 8.12. The first kappa shape index (κ1) is 75.2. The number of aryl methyl sites for hydroxylation is 1. The number of aromatic nitrogens is 8. The Morgan fingerprint density at radius 1 is 0.667 bits per heavy atom. The third kappa shape index (κ3) is 21.6. The molecule has 0 radical (unpaired) electrons. The van der Waals surface area contributed by atoms with E-state index in [1.54, 1.807) is 12.4 Å². The Morgan fingerprint density at radius 2 is 1.05 bits per heavy atom. The van der Waals surface area contributed by atoms with Crippen molar-refractivity contribution in [2.45, 2.75) is 157 Å². The van der Waals surface area contributed by atoms with Crippen molar-refractivity contribution in [2.24, 2.45) is 0 Å². The summed E-state index contributed by atoms with van der Waals surface area (Å²) < 4.78 is 24.6. The van der Waals surface area contributed by atoms with Gasteiger partial charge < -0.3 is 45.6 Å². The van der Waals surface area contributed by atoms with Crippen LogP contribution in [0, 0.1) is 85.6 Å². The summed E-state index contributed by atoms with van der Waals surface area (Å²) in [7, 11) is 0.899. The van der Waals surface area contributed by atoms with Crippen molar-refractivity contribution in [3.8, 4) is 11.4 Å². The zero-order chi connectivity index (χ0) is 47.4. The van der Waals surface area contributed by atoms with Crippen LogP contribution < -0.4 is 5.59 Å². The molecule has 0 aromatic carbocycles. The normalized spacial score (nSPS) is 11.7. The Hall–Kier alpha value is -2.30. The standard InChI is InChI=1S/C13H16N3.C11H16BNO2.C10H17N2.C8H12IN2.C2H6.CO2.CH4.3CH3.3W/c1-9(2)16-11(4)10(3)13(15-16)12-7-5-6-8-14-12;1-10(2)11(3,4)15-12(14-10)9-7-5-6-8-13-9;1-6-10-8(4)9(5)12(11-10)7(2)3;1-5(2)11-7(4)6(3)8(9)10-11;1-2;2-1-3;;;;;;;/h5-8H,1-4H3;5-8H,1-4H3;6H2,1-5H3;1-4H3;1-2H3;;1H4;3*1H3;;;/q-1;;2*-1;;;;3*-1;3*+2/i;;;;;;1D;;;;;;. The Morgan fingerprint density at radius 3 is 1.33 bits per heavy atom. The van der Waals surface area contributed by atoms with Crippen molar-refractivity contribution in [2.75, 3.05) is 0 Å². The van der Waals surface area contributed by atoms with Gasteiger partial charge in [-0.2, -0.15) is 14.7 Å². The predicted octanol–water partition coefficient (Wildman–Crippen LogP) is 11.8. The quantitative estimate of drug-likeness (QED) is 0.0926. The number of halogens is 1. The summed E-state index contributed by atoms with van der Waals surface area (Å²) in [6.45, 7) is 39.3. The van der Waals surface area contributed by atoms with Gasteiger partial charge >= 0.3 is 76.5 Å². The van der Waals surface area contributed by atoms with Crippen LogP contribution in [0.5, 0.6) is 0 Å². The third-order valence-corrected chi connectivity index (χ3v) is 11.0. The van der Waals surface area contributed by atoms with E-state index in [-0.39, 0.29) is 110 Å². The molecule has 0 unspecified atom stereocenters. The van der Waals surface area contributed by atoms with Gasteiger partial charge in [0.1, 0.15) is 3.70 Å². The second-order valence-corrected chi connectivity index (χ2v) is 16.3. The second kappa shape index (κ2) is 36.7. The topological polar surface area (TPSA) is 132 Å². The summed E-state index contributed by atoms with van der Waals surface area (Å²) in [5.74, 6) is 0. The summed E-state index contributed by atoms with van der Waals surface area (Å²) in [6, 6.07) is 15.2. The van der Waals surface area contributed by atoms with Crippen LogP contribution in [0.4, 0.5) is 0 Å². The van der Waals surface area contributed by atoms with Crippen LogP contribution in [-0.4, -0.2) is 63.8 Å². The van der Waals surface area contributed by atoms with Gasteiger partial charge in [-0.3, -0.25) is 9.97 Å². The van der Waals surface area contributed by atoms with Crippen molar-refractivity contribution in [1.82, 2.24) is 39.3 Å². The van der Waals surface area contributed by atoms with E-state index in [2.05, 4.69) is 138 Å². The fourth-order valence-corrected chi connectivity index (χ4v) is 6.24. The molecule has 6 rings (SSSR count). The van der Waals surface area contributed by atoms with Gasteiger partial charge in [0, 0.05) is 19.5 Å². The van der Waals surface area contributed by atoms with Gasteiger partial charge in [0.25, 0.3) is 0 Å². The van der Waals surface area contributed by atoms with E-state index in [1.807, 2.05) is 92.0 Å². The van der Waals surface area contributed by atoms with E-state index in [9.17, 15) is 0 Å². The van der Waals surface area contributed by atoms with E-state index in [1.165, 1.54) is 65.0 Å². The van der Waals surface area contributed by atoms with Crippen LogP contribution in [0.2, 0.25) is 0 Å². The van der Waals surface area contributed by atoms with Gasteiger partial charge in [-0.25, -0.2) is 10.2 Å². The second-order valence-electron chi connectivity index (χ2n) is 15.3. The van der Waals surface area contributed by atoms with Crippen LogP contribution in [0.1, 0.15) is 138 Å². The maximum absolute atomic E-state index is 8.12. The average molecular weight is 1540 g/mol. The fraction of sp³-hybridized carbons (Fsp3) is 0.469. The number of hydrogen-bond acceptors (Lipinski definition) is 9. The molecule has 1 aliphatic heterocycles. The largest absolute Gasteiger partial charge is 2.00 e. The van der Waals surface area contributed by atoms with E-state index < -0.39 is 0 Å². The van der Waals surface area contributed by atoms with Gasteiger partial charge in [0.15, 0.2) is 0 Å². The molecule has 5 aromatic heterocycles. The Bertz CT molecular complexity index is 2040. The Balaban J connectivity index is -0.000000134. The summed E-state index contributed by atoms with van der Waals surface area (Å²) in [5.41, 5.74) is 10.9. The molecule has 0 N–H and O–H groups in total. The zero-order valence-corrected chi connectivity index (χ0v) is 55.2. The van der Waals surface area contributed by atoms with Gasteiger partial charge in [-0.05, 0) is 81.0 Å². The molecule has 1 saturated heterocycles. The summed E-state index contributed by atoms with van der Waals surface area (Å²) >= 11 is 2.26. The summed E-state index contributed by atoms with van der Waals surface area (Å²) in [5, 5.41) is 13.5. The van der Waals surface area contributed by atoms with Crippen LogP contribution in [0.25, 0.3) is 11.4 Å². The molecule has 0 saturated carbocycles. The number of nitrogens with zero attached hydrogens (tertiary/aromatic N) is 8. The number of carbonyl (C=O) groups excluding carboxylic acids is 2. The molecule has 6 heterocycles. The Kier molecular flexibility index (Phi) is 41.8. The Labute approximate surface area is 460 Å². The van der Waals surface area contributed by atoms with Crippen molar-refractivity contribution in [3.05, 3.63) is 132 Å². The minimum absolute atomic E-state index is 0. The molecule has 17 heteroatoms. The minimum Gasteiger partial charge on any atom is -0.400 e. The predicted molar refractivity (Wildman–Crippen MR) is 273 cm³/mol. The molecule has 0 amide bonds. The SMILES string of the molecule is CC.CC1(C)OB(c2ccccn2)OC1(C)C.CCc1nn([C-](C)C)c(C)c1C.Cc1c(-c2ccccn2)nn([C-](C)C)c1C.Cc1c(I)nn([C-](C)C)c1C.O=C=O.[2H]C.[CH3-].[CH3-].[CH3-].[W+2].[W+2].[W+2]. The fourth-order valence-electron chi connectivity index (χ4n) is 5.63. The molecular weight excluding hydrogens is 1450 g/mol. The van der Waals surface area contributed by atoms with Gasteiger partial charge in [-0.15, -0.1) is 35.2 Å². The van der Waals surface area contributed by atoms with Crippen molar-refractivity contribution < 1.29 is 83.5 Å². The first-order chi connectivity index (χ1) is 28.6. The molecule has 1 aliphatic rings. The van der Waals surface area contributed by atoms with Crippen molar-refractivity contribution in [3.63, 3.8) is 0 Å². The smallest absolute Gasteiger partial charge is 0.400 e. The molecule has 368 valence electrons. The van der Waals surface area contributed by atoms with Gasteiger partial charge in [-0.1, -0.05) is 140 Å². The van der Waals surface area contributed by atoms with E-state index in [0.29, 0.717) is 0 Å². The minimum atomic E-state index is -0.351. The monoisotopic (exact) mass is 1540 g/mol. The molecule has 0 aliphatic carbocycles. The van der Waals surface area contributed by atoms with Gasteiger partial charge in [0.2, 0.25) is 0 Å². The average Bonchev–Trinajstić information content (AvgIpc) is 3.88. The first-order valence-electron chi connectivity index (χ1n) is 21.0. The zero-order valence-electron chi connectivity index (χ0n) is 45.2.